The van der Waals surface area contributed by atoms with Gasteiger partial charge in [-0.25, -0.2) is 4.79 Å². The van der Waals surface area contributed by atoms with Crippen LogP contribution in [0, 0.1) is 0 Å². The van der Waals surface area contributed by atoms with E-state index in [1.165, 1.54) is 5.56 Å². The molecule has 1 atom stereocenters. The van der Waals surface area contributed by atoms with E-state index in [1.54, 1.807) is 31.2 Å². The lowest BCUT2D eigenvalue weighted by atomic mass is 9.91. The lowest BCUT2D eigenvalue weighted by molar-refractivity contribution is -0.130. The molecule has 0 bridgehead atoms. The van der Waals surface area contributed by atoms with Gasteiger partial charge in [-0.3, -0.25) is 14.5 Å². The Morgan fingerprint density at radius 3 is 2.30 bits per heavy atom. The van der Waals surface area contributed by atoms with E-state index < -0.39 is 17.5 Å². The van der Waals surface area contributed by atoms with E-state index in [1.807, 2.05) is 24.3 Å². The molecule has 1 saturated heterocycles. The van der Waals surface area contributed by atoms with Crippen molar-refractivity contribution in [2.45, 2.75) is 32.2 Å². The molecule has 27 heavy (non-hydrogen) atoms. The van der Waals surface area contributed by atoms with E-state index >= 15 is 0 Å². The molecule has 1 N–H and O–H groups in total. The quantitative estimate of drug-likeness (QED) is 0.557. The first-order valence-corrected chi connectivity index (χ1v) is 9.66. The average molecular weight is 429 g/mol. The van der Waals surface area contributed by atoms with Crippen LogP contribution in [0.1, 0.15) is 41.8 Å². The summed E-state index contributed by atoms with van der Waals surface area (Å²) in [4.78, 5) is 38.8. The SMILES string of the molecule is CCCc1ccc(C2(C)NC(=O)N(CC(=O)c3ccc(Br)cc3)C2=O)cc1. The number of rotatable bonds is 6. The maximum atomic E-state index is 13.0. The number of Topliss-reactive ketones (excluding diaryl/α,β-unsaturated/α-hetero) is 1. The number of imide groups is 1. The topological polar surface area (TPSA) is 66.5 Å². The Labute approximate surface area is 166 Å². The number of benzene rings is 2. The van der Waals surface area contributed by atoms with E-state index in [0.29, 0.717) is 11.1 Å². The van der Waals surface area contributed by atoms with Crippen LogP contribution in [0.25, 0.3) is 0 Å². The zero-order valence-electron chi connectivity index (χ0n) is 15.3. The number of carbonyl (C=O) groups excluding carboxylic acids is 3. The maximum absolute atomic E-state index is 13.0. The number of ketones is 1. The van der Waals surface area contributed by atoms with Crippen molar-refractivity contribution < 1.29 is 14.4 Å². The first-order chi connectivity index (χ1) is 12.8. The Morgan fingerprint density at radius 2 is 1.70 bits per heavy atom. The predicted octanol–water partition coefficient (Wildman–Crippen LogP) is 4.05. The van der Waals surface area contributed by atoms with Gasteiger partial charge in [0.05, 0.1) is 6.54 Å². The molecule has 140 valence electrons. The van der Waals surface area contributed by atoms with Crippen molar-refractivity contribution in [3.8, 4) is 0 Å². The molecular formula is C21H21BrN2O3. The third-order valence-electron chi connectivity index (χ3n) is 4.81. The van der Waals surface area contributed by atoms with Gasteiger partial charge >= 0.3 is 6.03 Å². The number of halogens is 1. The molecule has 0 radical (unpaired) electrons. The number of hydrogen-bond donors (Lipinski definition) is 1. The number of nitrogens with one attached hydrogen (secondary N) is 1. The fourth-order valence-corrected chi connectivity index (χ4v) is 3.46. The summed E-state index contributed by atoms with van der Waals surface area (Å²) in [6.45, 7) is 3.50. The number of carbonyl (C=O) groups is 3. The summed E-state index contributed by atoms with van der Waals surface area (Å²) < 4.78 is 0.855. The number of aryl methyl sites for hydroxylation is 1. The molecule has 0 aliphatic carbocycles. The summed E-state index contributed by atoms with van der Waals surface area (Å²) >= 11 is 3.32. The van der Waals surface area contributed by atoms with Crippen molar-refractivity contribution in [1.29, 1.82) is 0 Å². The van der Waals surface area contributed by atoms with Crippen LogP contribution in [0.3, 0.4) is 0 Å². The van der Waals surface area contributed by atoms with Crippen LogP contribution < -0.4 is 5.32 Å². The van der Waals surface area contributed by atoms with Crippen LogP contribution in [0.15, 0.2) is 53.0 Å². The Morgan fingerprint density at radius 1 is 1.07 bits per heavy atom. The Hall–Kier alpha value is -2.47. The standard InChI is InChI=1S/C21H21BrN2O3/c1-3-4-14-5-9-16(10-6-14)21(2)19(26)24(20(27)23-21)13-18(25)15-7-11-17(22)12-8-15/h5-12H,3-4,13H2,1-2H3,(H,23,27). The normalized spacial score (nSPS) is 19.3. The van der Waals surface area contributed by atoms with Crippen LogP contribution in [0.4, 0.5) is 4.79 Å². The molecule has 0 aromatic heterocycles. The zero-order valence-corrected chi connectivity index (χ0v) is 16.9. The molecule has 2 aromatic carbocycles. The minimum atomic E-state index is -1.16. The van der Waals surface area contributed by atoms with Crippen molar-refractivity contribution in [3.05, 3.63) is 69.7 Å². The van der Waals surface area contributed by atoms with Crippen molar-refractivity contribution in [2.75, 3.05) is 6.54 Å². The van der Waals surface area contributed by atoms with Gasteiger partial charge in [0, 0.05) is 10.0 Å². The minimum absolute atomic E-state index is 0.282. The van der Waals surface area contributed by atoms with E-state index in [0.717, 1.165) is 22.2 Å². The van der Waals surface area contributed by atoms with Crippen molar-refractivity contribution in [2.24, 2.45) is 0 Å². The molecule has 1 aliphatic heterocycles. The lowest BCUT2D eigenvalue weighted by Crippen LogP contribution is -2.41. The highest BCUT2D eigenvalue weighted by atomic mass is 79.9. The van der Waals surface area contributed by atoms with E-state index in [-0.39, 0.29) is 12.3 Å². The van der Waals surface area contributed by atoms with Crippen molar-refractivity contribution >= 4 is 33.7 Å². The maximum Gasteiger partial charge on any atom is 0.325 e. The Bertz CT molecular complexity index is 877. The fraction of sp³-hybridized carbons (Fsp3) is 0.286. The Balaban J connectivity index is 1.79. The van der Waals surface area contributed by atoms with Gasteiger partial charge in [0.15, 0.2) is 5.78 Å². The molecule has 0 saturated carbocycles. The third kappa shape index (κ3) is 3.81. The van der Waals surface area contributed by atoms with Gasteiger partial charge in [-0.2, -0.15) is 0 Å². The predicted molar refractivity (Wildman–Crippen MR) is 107 cm³/mol. The van der Waals surface area contributed by atoms with Gasteiger partial charge in [0.2, 0.25) is 0 Å². The monoisotopic (exact) mass is 428 g/mol. The van der Waals surface area contributed by atoms with Crippen molar-refractivity contribution in [1.82, 2.24) is 10.2 Å². The number of amides is 3. The summed E-state index contributed by atoms with van der Waals surface area (Å²) in [6, 6.07) is 13.9. The highest BCUT2D eigenvalue weighted by Crippen LogP contribution is 2.29. The van der Waals surface area contributed by atoms with Gasteiger partial charge < -0.3 is 5.32 Å². The average Bonchev–Trinajstić information content (AvgIpc) is 2.87. The van der Waals surface area contributed by atoms with Crippen LogP contribution in [-0.2, 0) is 16.8 Å². The molecule has 0 spiro atoms. The second kappa shape index (κ2) is 7.64. The van der Waals surface area contributed by atoms with Crippen LogP contribution >= 0.6 is 15.9 Å². The minimum Gasteiger partial charge on any atom is -0.319 e. The molecule has 2 aromatic rings. The Kier molecular flexibility index (Phi) is 5.46. The van der Waals surface area contributed by atoms with E-state index in [9.17, 15) is 14.4 Å². The van der Waals surface area contributed by atoms with Crippen molar-refractivity contribution in [3.63, 3.8) is 0 Å². The first kappa shape index (κ1) is 19.3. The highest BCUT2D eigenvalue weighted by molar-refractivity contribution is 9.10. The van der Waals surface area contributed by atoms with Crippen LogP contribution in [0.2, 0.25) is 0 Å². The van der Waals surface area contributed by atoms with Gasteiger partial charge in [-0.1, -0.05) is 65.7 Å². The van der Waals surface area contributed by atoms with Gasteiger partial charge in [-0.15, -0.1) is 0 Å². The van der Waals surface area contributed by atoms with E-state index in [2.05, 4.69) is 28.2 Å². The largest absolute Gasteiger partial charge is 0.325 e. The highest BCUT2D eigenvalue weighted by Gasteiger charge is 2.49. The number of hydrogen-bond acceptors (Lipinski definition) is 3. The first-order valence-electron chi connectivity index (χ1n) is 8.87. The molecular weight excluding hydrogens is 408 g/mol. The third-order valence-corrected chi connectivity index (χ3v) is 5.34. The summed E-state index contributed by atoms with van der Waals surface area (Å²) in [5, 5.41) is 2.74. The molecule has 5 nitrogen and oxygen atoms in total. The van der Waals surface area contributed by atoms with Gasteiger partial charge in [0.1, 0.15) is 5.54 Å². The molecule has 1 aliphatic rings. The smallest absolute Gasteiger partial charge is 0.319 e. The summed E-state index contributed by atoms with van der Waals surface area (Å²) in [7, 11) is 0. The molecule has 1 fully saturated rings. The van der Waals surface area contributed by atoms with Gasteiger partial charge in [0.25, 0.3) is 5.91 Å². The lowest BCUT2D eigenvalue weighted by Gasteiger charge is -2.22. The van der Waals surface area contributed by atoms with E-state index in [4.69, 9.17) is 0 Å². The fourth-order valence-electron chi connectivity index (χ4n) is 3.20. The second-order valence-corrected chi connectivity index (χ2v) is 7.74. The van der Waals surface area contributed by atoms with Crippen LogP contribution in [0.5, 0.6) is 0 Å². The summed E-state index contributed by atoms with van der Waals surface area (Å²) in [5.41, 5.74) is 1.18. The second-order valence-electron chi connectivity index (χ2n) is 6.82. The molecule has 3 amide bonds. The van der Waals surface area contributed by atoms with Gasteiger partial charge in [-0.05, 0) is 36.6 Å². The summed E-state index contributed by atoms with van der Waals surface area (Å²) in [6.07, 6.45) is 2.00. The molecule has 1 heterocycles. The number of nitrogens with zero attached hydrogens (tertiary/aromatic N) is 1. The molecule has 6 heteroatoms. The van der Waals surface area contributed by atoms with Crippen LogP contribution in [-0.4, -0.2) is 29.2 Å². The summed E-state index contributed by atoms with van der Waals surface area (Å²) in [5.74, 6) is -0.699. The molecule has 1 unspecified atom stereocenters. The zero-order chi connectivity index (χ0) is 19.6. The number of urea groups is 1. The molecule has 3 rings (SSSR count).